The Hall–Kier alpha value is 0.210. The first-order valence-corrected chi connectivity index (χ1v) is 11.2. The minimum absolute atomic E-state index is 0. The smallest absolute Gasteiger partial charge is 0 e. The van der Waals surface area contributed by atoms with Gasteiger partial charge in [0.15, 0.2) is 0 Å². The first-order valence-electron chi connectivity index (χ1n) is 7.42. The number of oxazole rings is 1. The molecule has 0 unspecified atom stereocenters. The van der Waals surface area contributed by atoms with Crippen LogP contribution in [0.25, 0.3) is 11.1 Å². The van der Waals surface area contributed by atoms with Crippen molar-refractivity contribution in [1.82, 2.24) is 4.98 Å². The summed E-state index contributed by atoms with van der Waals surface area (Å²) in [7, 11) is 0. The minimum Gasteiger partial charge on any atom is 0 e. The molecule has 5 heteroatoms. The molecule has 0 bridgehead atoms. The fraction of sp³-hybridized carbons (Fsp3) is 0.562. The number of para-hydroxylation sites is 2. The van der Waals surface area contributed by atoms with Crippen LogP contribution in [0.1, 0.15) is 41.5 Å². The van der Waals surface area contributed by atoms with E-state index in [1.54, 1.807) is 0 Å². The average Bonchev–Trinajstić information content (AvgIpc) is 2.76. The van der Waals surface area contributed by atoms with Crippen molar-refractivity contribution in [3.05, 3.63) is 24.3 Å². The Labute approximate surface area is 148 Å². The molecular weight excluding hydrogens is 482 g/mol. The van der Waals surface area contributed by atoms with Crippen LogP contribution in [0.5, 0.6) is 0 Å². The molecule has 1 radical (unpaired) electrons. The molecule has 2 aromatic rings. The molecule has 2 nitrogen and oxygen atoms in total. The fourth-order valence-electron chi connectivity index (χ4n) is 3.40. The number of benzene rings is 1. The maximum atomic E-state index is 5.96. The number of rotatable bonds is 5. The third-order valence-corrected chi connectivity index (χ3v) is 16.2. The molecule has 1 aromatic carbocycles. The van der Waals surface area contributed by atoms with E-state index in [2.05, 4.69) is 46.5 Å². The number of fused-ring (bicyclic) bond motifs is 1. The predicted octanol–water partition coefficient (Wildman–Crippen LogP) is 5.81. The zero-order chi connectivity index (χ0) is 14.9. The Kier molecular flexibility index (Phi) is 7.02. The second-order valence-corrected chi connectivity index (χ2v) is 14.8. The van der Waals surface area contributed by atoms with Gasteiger partial charge >= 0.3 is 126 Å². The molecule has 0 N–H and O–H groups in total. The Balaban J connectivity index is 0.00000220. The van der Waals surface area contributed by atoms with Crippen molar-refractivity contribution in [2.75, 3.05) is 0 Å². The second-order valence-electron chi connectivity index (χ2n) is 6.37. The topological polar surface area (TPSA) is 26.0 Å². The normalized spacial score (nSPS) is 13.2. The van der Waals surface area contributed by atoms with E-state index in [0.29, 0.717) is 17.0 Å². The summed E-state index contributed by atoms with van der Waals surface area (Å²) >= 11 is 1.95. The Morgan fingerprint density at radius 2 is 1.48 bits per heavy atom. The maximum Gasteiger partial charge on any atom is 0 e. The van der Waals surface area contributed by atoms with Crippen LogP contribution in [0.2, 0.25) is 0 Å². The van der Waals surface area contributed by atoms with Crippen molar-refractivity contribution in [3.63, 3.8) is 0 Å². The van der Waals surface area contributed by atoms with Gasteiger partial charge in [0, 0.05) is 22.4 Å². The summed E-state index contributed by atoms with van der Waals surface area (Å²) in [5, 5.41) is 0.856. The molecule has 0 saturated carbocycles. The average molecular weight is 508 g/mol. The first kappa shape index (κ1) is 19.3. The summed E-state index contributed by atoms with van der Waals surface area (Å²) in [5.74, 6) is 0. The Morgan fingerprint density at radius 1 is 0.952 bits per heavy atom. The van der Waals surface area contributed by atoms with Crippen LogP contribution in [-0.4, -0.2) is 22.0 Å². The maximum absolute atomic E-state index is 5.96. The fourth-order valence-corrected chi connectivity index (χ4v) is 12.0. The van der Waals surface area contributed by atoms with Gasteiger partial charge in [-0.1, -0.05) is 0 Å². The molecule has 0 aliphatic rings. The van der Waals surface area contributed by atoms with Crippen LogP contribution >= 0.6 is 17.8 Å². The monoisotopic (exact) mass is 508 g/mol. The molecule has 1 heterocycles. The van der Waals surface area contributed by atoms with Gasteiger partial charge in [0.05, 0.1) is 0 Å². The molecule has 0 aliphatic heterocycles. The first-order chi connectivity index (χ1) is 9.37. The summed E-state index contributed by atoms with van der Waals surface area (Å²) < 4.78 is 5.96. The van der Waals surface area contributed by atoms with E-state index < -0.39 is 6.46 Å². The van der Waals surface area contributed by atoms with Crippen molar-refractivity contribution in [2.45, 2.75) is 63.7 Å². The van der Waals surface area contributed by atoms with Gasteiger partial charge in [-0.3, -0.25) is 0 Å². The molecule has 123 valence electrons. The number of aromatic nitrogens is 1. The quantitative estimate of drug-likeness (QED) is 0.377. The van der Waals surface area contributed by atoms with Gasteiger partial charge in [-0.2, -0.15) is 0 Å². The zero-order valence-electron chi connectivity index (χ0n) is 13.6. The molecule has 0 atom stereocenters. The summed E-state index contributed by atoms with van der Waals surface area (Å²) in [6, 6.07) is 8.03. The van der Waals surface area contributed by atoms with Gasteiger partial charge < -0.3 is 0 Å². The molecular formula is C16H26AuNOPS. The van der Waals surface area contributed by atoms with Gasteiger partial charge in [0.2, 0.25) is 0 Å². The largest absolute Gasteiger partial charge is 0 e. The van der Waals surface area contributed by atoms with Crippen molar-refractivity contribution >= 4 is 28.9 Å². The third kappa shape index (κ3) is 3.76. The van der Waals surface area contributed by atoms with Crippen LogP contribution in [0.15, 0.2) is 33.9 Å². The Morgan fingerprint density at radius 3 is 1.95 bits per heavy atom. The van der Waals surface area contributed by atoms with Crippen molar-refractivity contribution < 1.29 is 26.8 Å². The van der Waals surface area contributed by atoms with E-state index in [9.17, 15) is 0 Å². The van der Waals surface area contributed by atoms with E-state index >= 15 is 0 Å². The van der Waals surface area contributed by atoms with Gasteiger partial charge in [-0.25, -0.2) is 0 Å². The minimum atomic E-state index is -1.57. The molecule has 0 amide bonds. The van der Waals surface area contributed by atoms with E-state index in [1.807, 2.05) is 35.6 Å². The molecule has 1 aromatic heterocycles. The zero-order valence-corrected chi connectivity index (χ0v) is 17.6. The van der Waals surface area contributed by atoms with Crippen molar-refractivity contribution in [2.24, 2.45) is 0 Å². The standard InChI is InChI=1S/C16H26NOPS.Au/c1-11(2)19(12(3)4,13(5)6)20-16-17-14-9-7-8-10-15(14)18-16;/h7-13,19H,1-6H3;. The van der Waals surface area contributed by atoms with Crippen LogP contribution in [0.3, 0.4) is 0 Å². The van der Waals surface area contributed by atoms with Crippen molar-refractivity contribution in [1.29, 1.82) is 0 Å². The van der Waals surface area contributed by atoms with Gasteiger partial charge in [-0.05, 0) is 0 Å². The van der Waals surface area contributed by atoms with E-state index in [-0.39, 0.29) is 22.4 Å². The van der Waals surface area contributed by atoms with Crippen LogP contribution in [-0.2, 0) is 22.4 Å². The molecule has 0 aliphatic carbocycles. The number of nitrogens with zero attached hydrogens (tertiary/aromatic N) is 1. The third-order valence-electron chi connectivity index (χ3n) is 4.25. The molecule has 0 spiro atoms. The number of hydrogen-bond acceptors (Lipinski definition) is 3. The predicted molar refractivity (Wildman–Crippen MR) is 93.6 cm³/mol. The molecule has 2 rings (SSSR count). The molecule has 0 fully saturated rings. The summed E-state index contributed by atoms with van der Waals surface area (Å²) in [5.41, 5.74) is 3.95. The van der Waals surface area contributed by atoms with Gasteiger partial charge in [0.1, 0.15) is 0 Å². The van der Waals surface area contributed by atoms with Crippen LogP contribution in [0.4, 0.5) is 0 Å². The Bertz CT molecular complexity index is 528. The second kappa shape index (κ2) is 7.66. The summed E-state index contributed by atoms with van der Waals surface area (Å²) in [6.45, 7) is 12.6. The van der Waals surface area contributed by atoms with Gasteiger partial charge in [0.25, 0.3) is 0 Å². The number of hydrogen-bond donors (Lipinski definition) is 0. The summed E-state index contributed by atoms with van der Waals surface area (Å²) in [6.07, 6.45) is 0. The summed E-state index contributed by atoms with van der Waals surface area (Å²) in [4.78, 5) is 4.68. The molecule has 21 heavy (non-hydrogen) atoms. The van der Waals surface area contributed by atoms with E-state index in [4.69, 9.17) is 4.42 Å². The van der Waals surface area contributed by atoms with Crippen molar-refractivity contribution in [3.8, 4) is 0 Å². The van der Waals surface area contributed by atoms with Gasteiger partial charge in [-0.15, -0.1) is 0 Å². The van der Waals surface area contributed by atoms with E-state index in [1.165, 1.54) is 0 Å². The SMILES string of the molecule is CC(C)[PH](Sc1nc2ccccc2o1)(C(C)C)C(C)C.[Au]. The van der Waals surface area contributed by atoms with Crippen LogP contribution in [0, 0.1) is 0 Å². The van der Waals surface area contributed by atoms with Crippen LogP contribution < -0.4 is 0 Å². The molecule has 0 saturated heterocycles. The van der Waals surface area contributed by atoms with E-state index in [0.717, 1.165) is 16.3 Å².